The first-order valence-corrected chi connectivity index (χ1v) is 8.31. The summed E-state index contributed by atoms with van der Waals surface area (Å²) in [5.41, 5.74) is 2.65. The Hall–Kier alpha value is -3.22. The first-order chi connectivity index (χ1) is 12.5. The summed E-state index contributed by atoms with van der Waals surface area (Å²) in [5.74, 6) is 0.359. The largest absolute Gasteiger partial charge is 0.497 e. The second-order valence-corrected chi connectivity index (χ2v) is 6.17. The van der Waals surface area contributed by atoms with Crippen molar-refractivity contribution in [2.45, 2.75) is 26.4 Å². The molecule has 0 spiro atoms. The lowest BCUT2D eigenvalue weighted by molar-refractivity contribution is 0.251. The Morgan fingerprint density at radius 1 is 1.19 bits per heavy atom. The number of ether oxygens (including phenoxy) is 1. The fraction of sp³-hybridized carbons (Fsp3) is 0.263. The molecule has 3 rings (SSSR count). The maximum Gasteiger partial charge on any atom is 0.420 e. The Morgan fingerprint density at radius 2 is 1.92 bits per heavy atom. The van der Waals surface area contributed by atoms with Gasteiger partial charge in [0, 0.05) is 24.3 Å². The average molecular weight is 355 g/mol. The van der Waals surface area contributed by atoms with Crippen LogP contribution in [0.25, 0.3) is 11.1 Å². The summed E-state index contributed by atoms with van der Waals surface area (Å²) < 4.78 is 11.9. The Labute approximate surface area is 150 Å². The SMILES string of the molecule is COc1ccc(CNC(=O)Nc2ccc3c(c2)oc(=O)n3C(C)C)cc1. The van der Waals surface area contributed by atoms with Crippen molar-refractivity contribution >= 4 is 22.8 Å². The van der Waals surface area contributed by atoms with E-state index in [0.29, 0.717) is 23.3 Å². The lowest BCUT2D eigenvalue weighted by Crippen LogP contribution is -2.28. The van der Waals surface area contributed by atoms with Crippen molar-refractivity contribution in [3.05, 3.63) is 58.6 Å². The van der Waals surface area contributed by atoms with E-state index < -0.39 is 5.76 Å². The first kappa shape index (κ1) is 17.6. The van der Waals surface area contributed by atoms with E-state index in [0.717, 1.165) is 11.3 Å². The van der Waals surface area contributed by atoms with Crippen LogP contribution in [-0.2, 0) is 6.54 Å². The van der Waals surface area contributed by atoms with Crippen LogP contribution in [0.15, 0.2) is 51.7 Å². The van der Waals surface area contributed by atoms with E-state index in [-0.39, 0.29) is 12.1 Å². The van der Waals surface area contributed by atoms with Crippen LogP contribution >= 0.6 is 0 Å². The molecule has 0 aliphatic heterocycles. The molecule has 26 heavy (non-hydrogen) atoms. The van der Waals surface area contributed by atoms with Crippen molar-refractivity contribution in [3.8, 4) is 5.75 Å². The summed E-state index contributed by atoms with van der Waals surface area (Å²) in [6.45, 7) is 4.21. The molecule has 0 saturated heterocycles. The summed E-state index contributed by atoms with van der Waals surface area (Å²) in [4.78, 5) is 24.0. The molecule has 0 unspecified atom stereocenters. The molecule has 0 aliphatic rings. The monoisotopic (exact) mass is 355 g/mol. The molecule has 0 saturated carbocycles. The molecule has 0 radical (unpaired) electrons. The van der Waals surface area contributed by atoms with Crippen LogP contribution in [0.4, 0.5) is 10.5 Å². The number of urea groups is 1. The number of aromatic nitrogens is 1. The molecule has 7 nitrogen and oxygen atoms in total. The minimum absolute atomic E-state index is 0.00430. The zero-order valence-electron chi connectivity index (χ0n) is 14.9. The number of carbonyl (C=O) groups excluding carboxylic acids is 1. The fourth-order valence-corrected chi connectivity index (χ4v) is 2.70. The van der Waals surface area contributed by atoms with Crippen molar-refractivity contribution in [2.24, 2.45) is 0 Å². The number of oxazole rings is 1. The van der Waals surface area contributed by atoms with Gasteiger partial charge in [-0.1, -0.05) is 12.1 Å². The van der Waals surface area contributed by atoms with E-state index in [1.807, 2.05) is 38.1 Å². The maximum absolute atomic E-state index is 12.1. The van der Waals surface area contributed by atoms with Gasteiger partial charge in [-0.15, -0.1) is 0 Å². The first-order valence-electron chi connectivity index (χ1n) is 8.31. The van der Waals surface area contributed by atoms with Crippen LogP contribution in [0, 0.1) is 0 Å². The number of hydrogen-bond donors (Lipinski definition) is 2. The number of fused-ring (bicyclic) bond motifs is 1. The number of nitrogens with zero attached hydrogens (tertiary/aromatic N) is 1. The third-order valence-electron chi connectivity index (χ3n) is 4.00. The van der Waals surface area contributed by atoms with E-state index >= 15 is 0 Å². The molecule has 3 aromatic rings. The Kier molecular flexibility index (Phi) is 4.97. The highest BCUT2D eigenvalue weighted by atomic mass is 16.5. The molecule has 2 aromatic carbocycles. The predicted molar refractivity (Wildman–Crippen MR) is 99.7 cm³/mol. The second kappa shape index (κ2) is 7.35. The number of benzene rings is 2. The molecule has 1 heterocycles. The van der Waals surface area contributed by atoms with Crippen LogP contribution < -0.4 is 21.1 Å². The van der Waals surface area contributed by atoms with Gasteiger partial charge in [0.1, 0.15) is 5.75 Å². The van der Waals surface area contributed by atoms with Gasteiger partial charge in [0.2, 0.25) is 0 Å². The quantitative estimate of drug-likeness (QED) is 0.733. The van der Waals surface area contributed by atoms with Crippen LogP contribution in [0.2, 0.25) is 0 Å². The van der Waals surface area contributed by atoms with E-state index in [1.165, 1.54) is 0 Å². The number of carbonyl (C=O) groups is 1. The number of nitrogens with one attached hydrogen (secondary N) is 2. The summed E-state index contributed by atoms with van der Waals surface area (Å²) >= 11 is 0. The van der Waals surface area contributed by atoms with Crippen LogP contribution in [0.3, 0.4) is 0 Å². The zero-order valence-corrected chi connectivity index (χ0v) is 14.9. The standard InChI is InChI=1S/C19H21N3O4/c1-12(2)22-16-9-6-14(10-17(16)26-19(22)24)21-18(23)20-11-13-4-7-15(25-3)8-5-13/h4-10,12H,11H2,1-3H3,(H2,20,21,23). The second-order valence-electron chi connectivity index (χ2n) is 6.17. The lowest BCUT2D eigenvalue weighted by Gasteiger charge is -2.09. The van der Waals surface area contributed by atoms with Crippen LogP contribution in [0.5, 0.6) is 5.75 Å². The molecule has 2 amide bonds. The number of anilines is 1. The van der Waals surface area contributed by atoms with Crippen molar-refractivity contribution in [3.63, 3.8) is 0 Å². The lowest BCUT2D eigenvalue weighted by atomic mass is 10.2. The third-order valence-corrected chi connectivity index (χ3v) is 4.00. The van der Waals surface area contributed by atoms with Gasteiger partial charge in [-0.05, 0) is 43.7 Å². The minimum Gasteiger partial charge on any atom is -0.497 e. The summed E-state index contributed by atoms with van der Waals surface area (Å²) in [5, 5.41) is 5.52. The number of amides is 2. The van der Waals surface area contributed by atoms with Gasteiger partial charge in [-0.3, -0.25) is 4.57 Å². The molecular formula is C19H21N3O4. The maximum atomic E-state index is 12.1. The van der Waals surface area contributed by atoms with E-state index in [4.69, 9.17) is 9.15 Å². The van der Waals surface area contributed by atoms with Crippen LogP contribution in [-0.4, -0.2) is 17.7 Å². The molecule has 0 bridgehead atoms. The van der Waals surface area contributed by atoms with E-state index in [9.17, 15) is 9.59 Å². The zero-order chi connectivity index (χ0) is 18.7. The van der Waals surface area contributed by atoms with Gasteiger partial charge < -0.3 is 19.8 Å². The Balaban J connectivity index is 1.66. The summed E-state index contributed by atoms with van der Waals surface area (Å²) in [6, 6.07) is 12.2. The van der Waals surface area contributed by atoms with Gasteiger partial charge in [-0.25, -0.2) is 9.59 Å². The molecular weight excluding hydrogens is 334 g/mol. The smallest absolute Gasteiger partial charge is 0.420 e. The van der Waals surface area contributed by atoms with E-state index in [1.54, 1.807) is 29.9 Å². The Morgan fingerprint density at radius 3 is 2.58 bits per heavy atom. The average Bonchev–Trinajstić information content (AvgIpc) is 2.95. The highest BCUT2D eigenvalue weighted by molar-refractivity contribution is 5.91. The summed E-state index contributed by atoms with van der Waals surface area (Å²) in [6.07, 6.45) is 0. The molecule has 7 heteroatoms. The molecule has 0 fully saturated rings. The van der Waals surface area contributed by atoms with Gasteiger partial charge in [-0.2, -0.15) is 0 Å². The van der Waals surface area contributed by atoms with Gasteiger partial charge in [0.15, 0.2) is 5.58 Å². The van der Waals surface area contributed by atoms with Gasteiger partial charge in [0.05, 0.1) is 12.6 Å². The highest BCUT2D eigenvalue weighted by Crippen LogP contribution is 2.21. The predicted octanol–water partition coefficient (Wildman–Crippen LogP) is 3.51. The topological polar surface area (TPSA) is 85.5 Å². The van der Waals surface area contributed by atoms with E-state index in [2.05, 4.69) is 10.6 Å². The molecule has 0 atom stereocenters. The van der Waals surface area contributed by atoms with Crippen molar-refractivity contribution in [2.75, 3.05) is 12.4 Å². The number of methoxy groups -OCH3 is 1. The number of hydrogen-bond acceptors (Lipinski definition) is 4. The van der Waals surface area contributed by atoms with Gasteiger partial charge >= 0.3 is 11.8 Å². The summed E-state index contributed by atoms with van der Waals surface area (Å²) in [7, 11) is 1.61. The normalized spacial score (nSPS) is 10.9. The highest BCUT2D eigenvalue weighted by Gasteiger charge is 2.13. The number of rotatable bonds is 5. The van der Waals surface area contributed by atoms with Gasteiger partial charge in [0.25, 0.3) is 0 Å². The molecule has 136 valence electrons. The van der Waals surface area contributed by atoms with Crippen molar-refractivity contribution < 1.29 is 13.9 Å². The van der Waals surface area contributed by atoms with Crippen molar-refractivity contribution in [1.82, 2.24) is 9.88 Å². The third kappa shape index (κ3) is 3.72. The fourth-order valence-electron chi connectivity index (χ4n) is 2.70. The van der Waals surface area contributed by atoms with Crippen LogP contribution in [0.1, 0.15) is 25.5 Å². The Bertz CT molecular complexity index is 971. The minimum atomic E-state index is -0.406. The molecule has 2 N–H and O–H groups in total. The molecule has 1 aromatic heterocycles. The molecule has 0 aliphatic carbocycles. The van der Waals surface area contributed by atoms with Crippen molar-refractivity contribution in [1.29, 1.82) is 0 Å².